The molecule has 230 valence electrons. The molecular weight excluding hydrogens is 560 g/mol. The fourth-order valence-electron chi connectivity index (χ4n) is 7.06. The topological polar surface area (TPSA) is 95.7 Å². The van der Waals surface area contributed by atoms with E-state index in [1.807, 2.05) is 66.7 Å². The second-order valence-electron chi connectivity index (χ2n) is 12.1. The van der Waals surface area contributed by atoms with E-state index in [1.165, 1.54) is 0 Å². The maximum absolute atomic E-state index is 14.5. The van der Waals surface area contributed by atoms with Crippen molar-refractivity contribution in [2.75, 3.05) is 18.8 Å². The van der Waals surface area contributed by atoms with Gasteiger partial charge in [0.05, 0.1) is 5.41 Å². The summed E-state index contributed by atoms with van der Waals surface area (Å²) in [5.74, 6) is -0.355. The molecular formula is C38H40N4O3. The monoisotopic (exact) mass is 600 g/mol. The molecule has 2 fully saturated rings. The molecule has 3 amide bonds. The normalized spacial score (nSPS) is 18.1. The summed E-state index contributed by atoms with van der Waals surface area (Å²) in [6, 6.07) is 36.8. The van der Waals surface area contributed by atoms with Crippen molar-refractivity contribution >= 4 is 23.4 Å². The first-order valence-electron chi connectivity index (χ1n) is 15.9. The van der Waals surface area contributed by atoms with Crippen molar-refractivity contribution in [3.8, 4) is 0 Å². The first kappa shape index (κ1) is 30.1. The van der Waals surface area contributed by atoms with E-state index in [0.29, 0.717) is 38.2 Å². The number of rotatable bonds is 9. The number of anilines is 1. The lowest BCUT2D eigenvalue weighted by Gasteiger charge is -2.38. The van der Waals surface area contributed by atoms with Gasteiger partial charge in [0.2, 0.25) is 17.7 Å². The van der Waals surface area contributed by atoms with E-state index in [2.05, 4.69) is 41.7 Å². The van der Waals surface area contributed by atoms with Crippen molar-refractivity contribution in [3.63, 3.8) is 0 Å². The Bertz CT molecular complexity index is 1510. The summed E-state index contributed by atoms with van der Waals surface area (Å²) in [6.07, 6.45) is 2.89. The van der Waals surface area contributed by atoms with Gasteiger partial charge in [0.15, 0.2) is 0 Å². The van der Waals surface area contributed by atoms with Crippen LogP contribution in [0.4, 0.5) is 5.69 Å². The summed E-state index contributed by atoms with van der Waals surface area (Å²) in [5, 5.41) is 3.00. The van der Waals surface area contributed by atoms with E-state index in [4.69, 9.17) is 5.73 Å². The Morgan fingerprint density at radius 1 is 0.667 bits per heavy atom. The quantitative estimate of drug-likeness (QED) is 0.202. The van der Waals surface area contributed by atoms with Crippen molar-refractivity contribution in [2.45, 2.75) is 56.1 Å². The summed E-state index contributed by atoms with van der Waals surface area (Å²) in [5.41, 5.74) is 9.73. The van der Waals surface area contributed by atoms with Gasteiger partial charge in [0, 0.05) is 31.7 Å². The molecule has 4 aromatic carbocycles. The molecule has 45 heavy (non-hydrogen) atoms. The molecule has 7 nitrogen and oxygen atoms in total. The minimum Gasteiger partial charge on any atom is -0.399 e. The van der Waals surface area contributed by atoms with Crippen LogP contribution >= 0.6 is 0 Å². The Labute approximate surface area is 265 Å². The first-order chi connectivity index (χ1) is 22.0. The van der Waals surface area contributed by atoms with Crippen LogP contribution in [0.25, 0.3) is 0 Å². The van der Waals surface area contributed by atoms with Gasteiger partial charge < -0.3 is 20.9 Å². The molecule has 2 aliphatic heterocycles. The largest absolute Gasteiger partial charge is 0.399 e. The van der Waals surface area contributed by atoms with Crippen molar-refractivity contribution in [2.24, 2.45) is 0 Å². The van der Waals surface area contributed by atoms with Gasteiger partial charge in [-0.3, -0.25) is 14.4 Å². The van der Waals surface area contributed by atoms with Crippen LogP contribution in [0, 0.1) is 0 Å². The lowest BCUT2D eigenvalue weighted by molar-refractivity contribution is -0.146. The van der Waals surface area contributed by atoms with Crippen molar-refractivity contribution in [1.29, 1.82) is 0 Å². The lowest BCUT2D eigenvalue weighted by atomic mass is 9.67. The molecule has 6 rings (SSSR count). The highest BCUT2D eigenvalue weighted by Crippen LogP contribution is 2.43. The molecule has 2 heterocycles. The Hall–Kier alpha value is -4.91. The fraction of sp³-hybridized carbons (Fsp3) is 0.289. The number of likely N-dealkylation sites (tertiary alicyclic amines) is 2. The minimum absolute atomic E-state index is 0.0639. The van der Waals surface area contributed by atoms with Crippen LogP contribution in [0.3, 0.4) is 0 Å². The lowest BCUT2D eigenvalue weighted by Crippen LogP contribution is -2.53. The second kappa shape index (κ2) is 13.4. The summed E-state index contributed by atoms with van der Waals surface area (Å²) in [7, 11) is 0. The van der Waals surface area contributed by atoms with Gasteiger partial charge in [0.25, 0.3) is 0 Å². The molecule has 0 saturated carbocycles. The van der Waals surface area contributed by atoms with Crippen LogP contribution in [-0.2, 0) is 26.3 Å². The Kier molecular flexibility index (Phi) is 8.96. The molecule has 0 bridgehead atoms. The number of amides is 3. The molecule has 0 radical (unpaired) electrons. The van der Waals surface area contributed by atoms with E-state index in [9.17, 15) is 14.4 Å². The maximum Gasteiger partial charge on any atom is 0.246 e. The van der Waals surface area contributed by atoms with Gasteiger partial charge in [-0.2, -0.15) is 0 Å². The smallest absolute Gasteiger partial charge is 0.246 e. The molecule has 7 heteroatoms. The number of carbonyl (C=O) groups is 3. The molecule has 0 aliphatic carbocycles. The molecule has 3 N–H and O–H groups in total. The summed E-state index contributed by atoms with van der Waals surface area (Å²) >= 11 is 0. The first-order valence-corrected chi connectivity index (χ1v) is 15.9. The Morgan fingerprint density at radius 3 is 1.69 bits per heavy atom. The third-order valence-corrected chi connectivity index (χ3v) is 9.36. The average Bonchev–Trinajstić information content (AvgIpc) is 3.79. The van der Waals surface area contributed by atoms with Crippen LogP contribution in [0.15, 0.2) is 115 Å². The molecule has 2 saturated heterocycles. The molecule has 0 aromatic heterocycles. The van der Waals surface area contributed by atoms with E-state index in [0.717, 1.165) is 35.1 Å². The van der Waals surface area contributed by atoms with Crippen LogP contribution in [0.2, 0.25) is 0 Å². The van der Waals surface area contributed by atoms with E-state index >= 15 is 0 Å². The van der Waals surface area contributed by atoms with E-state index in [-0.39, 0.29) is 24.1 Å². The molecule has 2 aliphatic rings. The SMILES string of the molecule is Nc1ccc(CNC(=O)[C@H]2CCCN2C(=O)[C@@H]2CCCN2C(=O)CC(c2ccccc2)(c2ccccc2)c2ccccc2)cc1. The standard InChI is InChI=1S/C38H40N4O3/c39-32-22-20-28(21-23-32)27-40-36(44)33-18-10-25-42(33)37(45)34-19-11-24-41(34)35(43)26-38(29-12-4-1-5-13-29,30-14-6-2-7-15-30)31-16-8-3-9-17-31/h1-9,12-17,20-23,33-34H,10-11,18-19,24-27,39H2,(H,40,44)/t33-,34+/m1/s1. The van der Waals surface area contributed by atoms with Gasteiger partial charge in [-0.05, 0) is 60.1 Å². The van der Waals surface area contributed by atoms with Gasteiger partial charge in [-0.15, -0.1) is 0 Å². The van der Waals surface area contributed by atoms with E-state index in [1.54, 1.807) is 21.9 Å². The number of hydrogen-bond donors (Lipinski definition) is 2. The third-order valence-electron chi connectivity index (χ3n) is 9.36. The predicted octanol–water partition coefficient (Wildman–Crippen LogP) is 5.29. The fourth-order valence-corrected chi connectivity index (χ4v) is 7.06. The van der Waals surface area contributed by atoms with Crippen molar-refractivity contribution in [3.05, 3.63) is 138 Å². The number of benzene rings is 4. The zero-order valence-electron chi connectivity index (χ0n) is 25.5. The number of hydrogen-bond acceptors (Lipinski definition) is 4. The van der Waals surface area contributed by atoms with Crippen LogP contribution < -0.4 is 11.1 Å². The maximum atomic E-state index is 14.5. The van der Waals surface area contributed by atoms with E-state index < -0.39 is 17.5 Å². The van der Waals surface area contributed by atoms with Crippen molar-refractivity contribution < 1.29 is 14.4 Å². The molecule has 0 spiro atoms. The summed E-state index contributed by atoms with van der Waals surface area (Å²) in [6.45, 7) is 1.40. The Balaban J connectivity index is 1.24. The van der Waals surface area contributed by atoms with Crippen LogP contribution in [-0.4, -0.2) is 52.7 Å². The summed E-state index contributed by atoms with van der Waals surface area (Å²) < 4.78 is 0. The summed E-state index contributed by atoms with van der Waals surface area (Å²) in [4.78, 5) is 45.3. The second-order valence-corrected chi connectivity index (χ2v) is 12.1. The number of nitrogens with two attached hydrogens (primary N) is 1. The molecule has 0 unspecified atom stereocenters. The molecule has 4 aromatic rings. The number of carbonyl (C=O) groups excluding carboxylic acids is 3. The predicted molar refractivity (Wildman–Crippen MR) is 176 cm³/mol. The van der Waals surface area contributed by atoms with Crippen LogP contribution in [0.1, 0.15) is 54.4 Å². The zero-order valence-corrected chi connectivity index (χ0v) is 25.5. The van der Waals surface area contributed by atoms with Gasteiger partial charge in [-0.1, -0.05) is 103 Å². The number of nitrogen functional groups attached to an aromatic ring is 1. The van der Waals surface area contributed by atoms with Crippen molar-refractivity contribution in [1.82, 2.24) is 15.1 Å². The van der Waals surface area contributed by atoms with Gasteiger partial charge >= 0.3 is 0 Å². The highest BCUT2D eigenvalue weighted by molar-refractivity contribution is 5.93. The average molecular weight is 601 g/mol. The number of nitrogens with zero attached hydrogens (tertiary/aromatic N) is 2. The number of nitrogens with one attached hydrogen (secondary N) is 1. The minimum atomic E-state index is -0.741. The van der Waals surface area contributed by atoms with Gasteiger partial charge in [0.1, 0.15) is 12.1 Å². The highest BCUT2D eigenvalue weighted by Gasteiger charge is 2.45. The van der Waals surface area contributed by atoms with Crippen LogP contribution in [0.5, 0.6) is 0 Å². The highest BCUT2D eigenvalue weighted by atomic mass is 16.2. The Morgan fingerprint density at radius 2 is 1.16 bits per heavy atom. The van der Waals surface area contributed by atoms with Gasteiger partial charge in [-0.25, -0.2) is 0 Å². The molecule has 2 atom stereocenters. The zero-order chi connectivity index (χ0) is 31.2. The third kappa shape index (κ3) is 6.21.